The van der Waals surface area contributed by atoms with Gasteiger partial charge in [-0.3, -0.25) is 9.59 Å². The fourth-order valence-corrected chi connectivity index (χ4v) is 1.70. The van der Waals surface area contributed by atoms with Gasteiger partial charge in [0, 0.05) is 6.54 Å². The van der Waals surface area contributed by atoms with Gasteiger partial charge in [0.15, 0.2) is 0 Å². The number of amides is 2. The van der Waals surface area contributed by atoms with Crippen molar-refractivity contribution in [1.29, 1.82) is 0 Å². The summed E-state index contributed by atoms with van der Waals surface area (Å²) in [6.45, 7) is 3.68. The van der Waals surface area contributed by atoms with Crippen molar-refractivity contribution in [3.8, 4) is 0 Å². The van der Waals surface area contributed by atoms with E-state index in [2.05, 4.69) is 10.6 Å². The molecule has 0 bridgehead atoms. The van der Waals surface area contributed by atoms with Crippen molar-refractivity contribution in [3.63, 3.8) is 0 Å². The third-order valence-electron chi connectivity index (χ3n) is 2.92. The van der Waals surface area contributed by atoms with Crippen LogP contribution in [0.2, 0.25) is 5.02 Å². The van der Waals surface area contributed by atoms with E-state index in [0.29, 0.717) is 5.56 Å². The zero-order chi connectivity index (χ0) is 16.0. The molecule has 4 N–H and O–H groups in total. The molecular weight excluding hydrogens is 297 g/mol. The van der Waals surface area contributed by atoms with Crippen molar-refractivity contribution in [3.05, 3.63) is 34.6 Å². The summed E-state index contributed by atoms with van der Waals surface area (Å²) in [4.78, 5) is 23.2. The molecule has 0 saturated heterocycles. The largest absolute Gasteiger partial charge is 0.350 e. The molecule has 0 spiro atoms. The van der Waals surface area contributed by atoms with Crippen LogP contribution in [0.5, 0.6) is 0 Å². The van der Waals surface area contributed by atoms with Gasteiger partial charge < -0.3 is 16.4 Å². The number of carbonyl (C=O) groups excluding carboxylic acids is 2. The fraction of sp³-hybridized carbons (Fsp3) is 0.429. The molecule has 116 valence electrons. The van der Waals surface area contributed by atoms with Crippen LogP contribution in [0.15, 0.2) is 18.2 Å². The lowest BCUT2D eigenvalue weighted by molar-refractivity contribution is -0.127. The van der Waals surface area contributed by atoms with Crippen LogP contribution in [0.4, 0.5) is 4.39 Å². The Balaban J connectivity index is 2.37. The molecule has 1 aromatic rings. The van der Waals surface area contributed by atoms with Crippen molar-refractivity contribution in [2.45, 2.75) is 26.4 Å². The number of nitrogens with two attached hydrogens (primary N) is 1. The zero-order valence-corrected chi connectivity index (χ0v) is 12.7. The highest BCUT2D eigenvalue weighted by Gasteiger charge is 2.17. The van der Waals surface area contributed by atoms with Gasteiger partial charge in [0.05, 0.1) is 17.6 Å². The first kappa shape index (κ1) is 17.4. The average Bonchev–Trinajstić information content (AvgIpc) is 2.44. The number of rotatable bonds is 6. The first-order chi connectivity index (χ1) is 9.81. The molecule has 0 radical (unpaired) electrons. The molecule has 0 unspecified atom stereocenters. The van der Waals surface area contributed by atoms with E-state index in [9.17, 15) is 14.0 Å². The van der Waals surface area contributed by atoms with Gasteiger partial charge in [-0.1, -0.05) is 31.5 Å². The molecule has 0 saturated carbocycles. The van der Waals surface area contributed by atoms with E-state index < -0.39 is 11.9 Å². The Kier molecular flexibility index (Phi) is 6.58. The summed E-state index contributed by atoms with van der Waals surface area (Å²) in [6, 6.07) is 3.54. The van der Waals surface area contributed by atoms with E-state index in [1.54, 1.807) is 0 Å². The lowest BCUT2D eigenvalue weighted by atomic mass is 10.1. The predicted octanol–water partition coefficient (Wildman–Crippen LogP) is 1.19. The SMILES string of the molecule is CC(C)[C@H](N)C(=O)NCC(=O)NCc1ccc(F)c(Cl)c1. The predicted molar refractivity (Wildman–Crippen MR) is 79.1 cm³/mol. The van der Waals surface area contributed by atoms with Crippen LogP contribution in [-0.4, -0.2) is 24.4 Å². The van der Waals surface area contributed by atoms with Crippen molar-refractivity contribution in [2.75, 3.05) is 6.54 Å². The van der Waals surface area contributed by atoms with Gasteiger partial charge in [-0.15, -0.1) is 0 Å². The van der Waals surface area contributed by atoms with Crippen molar-refractivity contribution in [1.82, 2.24) is 10.6 Å². The number of nitrogens with one attached hydrogen (secondary N) is 2. The first-order valence-electron chi connectivity index (χ1n) is 6.55. The van der Waals surface area contributed by atoms with Crippen LogP contribution in [0.25, 0.3) is 0 Å². The summed E-state index contributed by atoms with van der Waals surface area (Å²) >= 11 is 5.64. The van der Waals surface area contributed by atoms with Crippen LogP contribution < -0.4 is 16.4 Å². The van der Waals surface area contributed by atoms with E-state index >= 15 is 0 Å². The van der Waals surface area contributed by atoms with Crippen LogP contribution in [-0.2, 0) is 16.1 Å². The summed E-state index contributed by atoms with van der Waals surface area (Å²) in [7, 11) is 0. The second-order valence-electron chi connectivity index (χ2n) is 5.01. The highest BCUT2D eigenvalue weighted by Crippen LogP contribution is 2.15. The first-order valence-corrected chi connectivity index (χ1v) is 6.93. The standard InChI is InChI=1S/C14H19ClFN3O2/c1-8(2)13(17)14(21)19-7-12(20)18-6-9-3-4-11(16)10(15)5-9/h3-5,8,13H,6-7,17H2,1-2H3,(H,18,20)(H,19,21)/t13-/m0/s1. The molecule has 7 heteroatoms. The molecule has 2 amide bonds. The third kappa shape index (κ3) is 5.69. The number of carbonyl (C=O) groups is 2. The Bertz CT molecular complexity index is 523. The minimum atomic E-state index is -0.645. The molecule has 0 aromatic heterocycles. The zero-order valence-electron chi connectivity index (χ0n) is 12.0. The molecular formula is C14H19ClFN3O2. The maximum Gasteiger partial charge on any atom is 0.239 e. The highest BCUT2D eigenvalue weighted by molar-refractivity contribution is 6.30. The van der Waals surface area contributed by atoms with Crippen LogP contribution >= 0.6 is 11.6 Å². The maximum absolute atomic E-state index is 13.0. The summed E-state index contributed by atoms with van der Waals surface area (Å²) in [5.41, 5.74) is 6.31. The number of halogens is 2. The van der Waals surface area contributed by atoms with Gasteiger partial charge in [-0.05, 0) is 23.6 Å². The van der Waals surface area contributed by atoms with E-state index in [1.165, 1.54) is 18.2 Å². The lowest BCUT2D eigenvalue weighted by Gasteiger charge is -2.15. The second-order valence-corrected chi connectivity index (χ2v) is 5.42. The lowest BCUT2D eigenvalue weighted by Crippen LogP contribution is -2.47. The van der Waals surface area contributed by atoms with E-state index in [0.717, 1.165) is 0 Å². The molecule has 0 aliphatic heterocycles. The number of benzene rings is 1. The minimum absolute atomic E-state index is 0.00189. The molecule has 21 heavy (non-hydrogen) atoms. The van der Waals surface area contributed by atoms with Gasteiger partial charge in [-0.25, -0.2) is 4.39 Å². The monoisotopic (exact) mass is 315 g/mol. The summed E-state index contributed by atoms with van der Waals surface area (Å²) in [5, 5.41) is 5.05. The molecule has 0 heterocycles. The van der Waals surface area contributed by atoms with Crippen molar-refractivity contribution >= 4 is 23.4 Å². The van der Waals surface area contributed by atoms with Gasteiger partial charge in [0.2, 0.25) is 11.8 Å². The van der Waals surface area contributed by atoms with Gasteiger partial charge in [0.1, 0.15) is 5.82 Å². The van der Waals surface area contributed by atoms with Crippen molar-refractivity contribution < 1.29 is 14.0 Å². The summed E-state index contributed by atoms with van der Waals surface area (Å²) in [5.74, 6) is -1.25. The smallest absolute Gasteiger partial charge is 0.239 e. The molecule has 1 aromatic carbocycles. The topological polar surface area (TPSA) is 84.2 Å². The molecule has 0 aliphatic rings. The Morgan fingerprint density at radius 2 is 2.00 bits per heavy atom. The summed E-state index contributed by atoms with van der Waals surface area (Å²) in [6.07, 6.45) is 0. The Morgan fingerprint density at radius 3 is 2.57 bits per heavy atom. The highest BCUT2D eigenvalue weighted by atomic mass is 35.5. The van der Waals surface area contributed by atoms with Gasteiger partial charge in [0.25, 0.3) is 0 Å². The van der Waals surface area contributed by atoms with Crippen molar-refractivity contribution in [2.24, 2.45) is 11.7 Å². The molecule has 0 aliphatic carbocycles. The molecule has 0 fully saturated rings. The van der Waals surface area contributed by atoms with Crippen LogP contribution in [0.1, 0.15) is 19.4 Å². The Hall–Kier alpha value is -1.66. The van der Waals surface area contributed by atoms with Crippen LogP contribution in [0.3, 0.4) is 0 Å². The quantitative estimate of drug-likeness (QED) is 0.737. The normalized spacial score (nSPS) is 12.1. The molecule has 1 rings (SSSR count). The third-order valence-corrected chi connectivity index (χ3v) is 3.21. The van der Waals surface area contributed by atoms with Gasteiger partial charge in [-0.2, -0.15) is 0 Å². The number of hydrogen-bond acceptors (Lipinski definition) is 3. The number of hydrogen-bond donors (Lipinski definition) is 3. The van der Waals surface area contributed by atoms with Gasteiger partial charge >= 0.3 is 0 Å². The second kappa shape index (κ2) is 7.95. The summed E-state index contributed by atoms with van der Waals surface area (Å²) < 4.78 is 13.0. The van der Waals surface area contributed by atoms with E-state index in [1.807, 2.05) is 13.8 Å². The molecule has 1 atom stereocenters. The minimum Gasteiger partial charge on any atom is -0.350 e. The Labute approximate surface area is 128 Å². The average molecular weight is 316 g/mol. The van der Waals surface area contributed by atoms with E-state index in [4.69, 9.17) is 17.3 Å². The maximum atomic E-state index is 13.0. The molecule has 5 nitrogen and oxygen atoms in total. The van der Waals surface area contributed by atoms with E-state index in [-0.39, 0.29) is 35.8 Å². The Morgan fingerprint density at radius 1 is 1.33 bits per heavy atom. The fourth-order valence-electron chi connectivity index (χ4n) is 1.50. The van der Waals surface area contributed by atoms with Crippen LogP contribution in [0, 0.1) is 11.7 Å².